The number of nitrogens with one attached hydrogen (secondary N) is 1. The number of aromatic nitrogens is 3. The van der Waals surface area contributed by atoms with E-state index in [0.717, 1.165) is 34.0 Å². The summed E-state index contributed by atoms with van der Waals surface area (Å²) in [5, 5.41) is 11.0. The molecule has 0 aliphatic heterocycles. The molecule has 2 aromatic rings. The molecule has 0 saturated carbocycles. The van der Waals surface area contributed by atoms with Gasteiger partial charge in [-0.25, -0.2) is 4.98 Å². The van der Waals surface area contributed by atoms with Crippen LogP contribution in [0.2, 0.25) is 0 Å². The Balaban J connectivity index is 2.61. The van der Waals surface area contributed by atoms with Crippen LogP contribution in [0.3, 0.4) is 0 Å². The smallest absolute Gasteiger partial charge is 0.156 e. The lowest BCUT2D eigenvalue weighted by molar-refractivity contribution is 0.411. The van der Waals surface area contributed by atoms with Crippen molar-refractivity contribution in [2.75, 3.05) is 19.5 Å². The minimum Gasteiger partial charge on any atom is -0.496 e. The van der Waals surface area contributed by atoms with Crippen LogP contribution in [0, 0.1) is 13.8 Å². The number of ether oxygens (including phenoxy) is 1. The summed E-state index contributed by atoms with van der Waals surface area (Å²) in [5.74, 6) is 1.59. The first-order chi connectivity index (χ1) is 8.67. The lowest BCUT2D eigenvalue weighted by Crippen LogP contribution is -2.01. The third-order valence-electron chi connectivity index (χ3n) is 2.85. The van der Waals surface area contributed by atoms with Gasteiger partial charge >= 0.3 is 0 Å². The molecule has 1 heterocycles. The minimum atomic E-state index is 0.720. The molecule has 0 aliphatic rings. The van der Waals surface area contributed by atoms with Gasteiger partial charge in [0.05, 0.1) is 7.11 Å². The minimum absolute atomic E-state index is 0.720. The van der Waals surface area contributed by atoms with Crippen molar-refractivity contribution < 1.29 is 4.74 Å². The standard InChI is InChI=1S/C13H16N4O/c1-8-6-11(18-4)9(2)5-10(8)12-13(14-3)15-7-16-17-12/h5-7H,1-4H3,(H,14,15,16). The first-order valence-corrected chi connectivity index (χ1v) is 5.68. The van der Waals surface area contributed by atoms with Gasteiger partial charge in [-0.1, -0.05) is 0 Å². The summed E-state index contributed by atoms with van der Waals surface area (Å²) in [6, 6.07) is 4.04. The predicted molar refractivity (Wildman–Crippen MR) is 70.8 cm³/mol. The summed E-state index contributed by atoms with van der Waals surface area (Å²) in [7, 11) is 3.49. The molecule has 0 saturated heterocycles. The number of aryl methyl sites for hydroxylation is 2. The van der Waals surface area contributed by atoms with Crippen molar-refractivity contribution in [3.05, 3.63) is 29.6 Å². The van der Waals surface area contributed by atoms with E-state index in [2.05, 4.69) is 20.5 Å². The molecule has 1 aromatic heterocycles. The van der Waals surface area contributed by atoms with Gasteiger partial charge < -0.3 is 10.1 Å². The van der Waals surface area contributed by atoms with Crippen LogP contribution in [0.25, 0.3) is 11.3 Å². The molecule has 1 N–H and O–H groups in total. The van der Waals surface area contributed by atoms with Gasteiger partial charge in [0.15, 0.2) is 5.82 Å². The highest BCUT2D eigenvalue weighted by Gasteiger charge is 2.12. The molecule has 0 bridgehead atoms. The van der Waals surface area contributed by atoms with Gasteiger partial charge in [-0.2, -0.15) is 0 Å². The first kappa shape index (κ1) is 12.3. The second kappa shape index (κ2) is 5.00. The van der Waals surface area contributed by atoms with Crippen LogP contribution >= 0.6 is 0 Å². The third kappa shape index (κ3) is 2.11. The number of benzene rings is 1. The van der Waals surface area contributed by atoms with E-state index in [1.807, 2.05) is 33.0 Å². The van der Waals surface area contributed by atoms with Crippen molar-refractivity contribution in [2.45, 2.75) is 13.8 Å². The summed E-state index contributed by atoms with van der Waals surface area (Å²) < 4.78 is 5.31. The fraction of sp³-hybridized carbons (Fsp3) is 0.308. The van der Waals surface area contributed by atoms with Crippen molar-refractivity contribution in [2.24, 2.45) is 0 Å². The molecule has 0 atom stereocenters. The summed E-state index contributed by atoms with van der Waals surface area (Å²) in [6.45, 7) is 4.02. The fourth-order valence-electron chi connectivity index (χ4n) is 1.90. The van der Waals surface area contributed by atoms with Crippen LogP contribution in [0.15, 0.2) is 18.5 Å². The number of anilines is 1. The monoisotopic (exact) mass is 244 g/mol. The average Bonchev–Trinajstić information content (AvgIpc) is 2.41. The lowest BCUT2D eigenvalue weighted by atomic mass is 10.0. The zero-order valence-corrected chi connectivity index (χ0v) is 11.0. The Kier molecular flexibility index (Phi) is 3.41. The van der Waals surface area contributed by atoms with Gasteiger partial charge in [-0.15, -0.1) is 10.2 Å². The fourth-order valence-corrected chi connectivity index (χ4v) is 1.90. The predicted octanol–water partition coefficient (Wildman–Crippen LogP) is 2.21. The highest BCUT2D eigenvalue weighted by molar-refractivity contribution is 5.74. The zero-order valence-electron chi connectivity index (χ0n) is 11.0. The maximum absolute atomic E-state index is 5.31. The molecule has 0 aliphatic carbocycles. The molecule has 5 heteroatoms. The Hall–Kier alpha value is -2.17. The summed E-state index contributed by atoms with van der Waals surface area (Å²) in [6.07, 6.45) is 1.43. The molecule has 0 radical (unpaired) electrons. The zero-order chi connectivity index (χ0) is 13.1. The van der Waals surface area contributed by atoms with Gasteiger partial charge in [-0.05, 0) is 37.1 Å². The molecule has 5 nitrogen and oxygen atoms in total. The van der Waals surface area contributed by atoms with E-state index >= 15 is 0 Å². The molecule has 18 heavy (non-hydrogen) atoms. The normalized spacial score (nSPS) is 10.2. The number of hydrogen-bond donors (Lipinski definition) is 1. The van der Waals surface area contributed by atoms with E-state index in [9.17, 15) is 0 Å². The van der Waals surface area contributed by atoms with E-state index in [4.69, 9.17) is 4.74 Å². The van der Waals surface area contributed by atoms with Gasteiger partial charge in [0.1, 0.15) is 17.8 Å². The third-order valence-corrected chi connectivity index (χ3v) is 2.85. The quantitative estimate of drug-likeness (QED) is 0.897. The van der Waals surface area contributed by atoms with Gasteiger partial charge in [-0.3, -0.25) is 0 Å². The number of rotatable bonds is 3. The Morgan fingerprint density at radius 2 is 1.94 bits per heavy atom. The molecule has 94 valence electrons. The van der Waals surface area contributed by atoms with E-state index in [-0.39, 0.29) is 0 Å². The lowest BCUT2D eigenvalue weighted by Gasteiger charge is -2.12. The molecule has 0 amide bonds. The molecule has 0 spiro atoms. The molecule has 1 aromatic carbocycles. The van der Waals surface area contributed by atoms with Crippen LogP contribution in [-0.4, -0.2) is 29.3 Å². The first-order valence-electron chi connectivity index (χ1n) is 5.68. The number of methoxy groups -OCH3 is 1. The van der Waals surface area contributed by atoms with Gasteiger partial charge in [0.2, 0.25) is 0 Å². The second-order valence-corrected chi connectivity index (χ2v) is 4.04. The molecular weight excluding hydrogens is 228 g/mol. The van der Waals surface area contributed by atoms with Gasteiger partial charge in [0.25, 0.3) is 0 Å². The van der Waals surface area contributed by atoms with Crippen molar-refractivity contribution in [1.82, 2.24) is 15.2 Å². The Morgan fingerprint density at radius 1 is 1.17 bits per heavy atom. The van der Waals surface area contributed by atoms with E-state index < -0.39 is 0 Å². The summed E-state index contributed by atoms with van der Waals surface area (Å²) >= 11 is 0. The number of hydrogen-bond acceptors (Lipinski definition) is 5. The molecule has 2 rings (SSSR count). The molecule has 0 fully saturated rings. The van der Waals surface area contributed by atoms with Crippen molar-refractivity contribution in [3.8, 4) is 17.0 Å². The average molecular weight is 244 g/mol. The summed E-state index contributed by atoms with van der Waals surface area (Å²) in [5.41, 5.74) is 3.91. The number of nitrogens with zero attached hydrogens (tertiary/aromatic N) is 3. The van der Waals surface area contributed by atoms with Crippen LogP contribution in [0.5, 0.6) is 5.75 Å². The highest BCUT2D eigenvalue weighted by atomic mass is 16.5. The second-order valence-electron chi connectivity index (χ2n) is 4.04. The SMILES string of the molecule is CNc1ncnnc1-c1cc(C)c(OC)cc1C. The Morgan fingerprint density at radius 3 is 2.61 bits per heavy atom. The topological polar surface area (TPSA) is 59.9 Å². The van der Waals surface area contributed by atoms with E-state index in [0.29, 0.717) is 0 Å². The van der Waals surface area contributed by atoms with Crippen molar-refractivity contribution in [1.29, 1.82) is 0 Å². The van der Waals surface area contributed by atoms with Crippen LogP contribution in [-0.2, 0) is 0 Å². The van der Waals surface area contributed by atoms with Crippen LogP contribution < -0.4 is 10.1 Å². The van der Waals surface area contributed by atoms with Crippen molar-refractivity contribution >= 4 is 5.82 Å². The van der Waals surface area contributed by atoms with E-state index in [1.54, 1.807) is 7.11 Å². The Labute approximate surface area is 106 Å². The maximum atomic E-state index is 5.31. The van der Waals surface area contributed by atoms with Crippen LogP contribution in [0.4, 0.5) is 5.82 Å². The summed E-state index contributed by atoms with van der Waals surface area (Å²) in [4.78, 5) is 4.17. The van der Waals surface area contributed by atoms with E-state index in [1.165, 1.54) is 6.33 Å². The molecule has 0 unspecified atom stereocenters. The van der Waals surface area contributed by atoms with Crippen molar-refractivity contribution in [3.63, 3.8) is 0 Å². The van der Waals surface area contributed by atoms with Crippen LogP contribution in [0.1, 0.15) is 11.1 Å². The highest BCUT2D eigenvalue weighted by Crippen LogP contribution is 2.31. The Bertz CT molecular complexity index is 569. The largest absolute Gasteiger partial charge is 0.496 e. The van der Waals surface area contributed by atoms with Gasteiger partial charge in [0, 0.05) is 12.6 Å². The maximum Gasteiger partial charge on any atom is 0.156 e. The molecular formula is C13H16N4O.